The van der Waals surface area contributed by atoms with Gasteiger partial charge in [-0.05, 0) is 35.6 Å². The highest BCUT2D eigenvalue weighted by atomic mass is 32.1. The van der Waals surface area contributed by atoms with E-state index >= 15 is 0 Å². The van der Waals surface area contributed by atoms with Crippen molar-refractivity contribution in [3.8, 4) is 11.1 Å². The molecule has 2 heterocycles. The molecule has 0 saturated heterocycles. The number of rotatable bonds is 5. The van der Waals surface area contributed by atoms with Crippen molar-refractivity contribution in [2.75, 3.05) is 25.0 Å². The van der Waals surface area contributed by atoms with Crippen LogP contribution in [0.4, 0.5) is 9.93 Å². The van der Waals surface area contributed by atoms with E-state index in [-0.39, 0.29) is 30.1 Å². The van der Waals surface area contributed by atoms with E-state index in [4.69, 9.17) is 9.84 Å². The molecule has 35 heavy (non-hydrogen) atoms. The van der Waals surface area contributed by atoms with Crippen molar-refractivity contribution in [2.45, 2.75) is 19.3 Å². The predicted molar refractivity (Wildman–Crippen MR) is 132 cm³/mol. The Morgan fingerprint density at radius 1 is 1.11 bits per heavy atom. The van der Waals surface area contributed by atoms with E-state index in [1.54, 1.807) is 17.9 Å². The number of fused-ring (bicyclic) bond motifs is 3. The number of aliphatic carboxylic acids is 1. The van der Waals surface area contributed by atoms with Crippen LogP contribution in [0.15, 0.2) is 60.2 Å². The Hall–Kier alpha value is -3.98. The zero-order valence-electron chi connectivity index (χ0n) is 19.0. The molecule has 9 heteroatoms. The van der Waals surface area contributed by atoms with Gasteiger partial charge in [0, 0.05) is 24.6 Å². The van der Waals surface area contributed by atoms with Crippen molar-refractivity contribution < 1.29 is 24.2 Å². The van der Waals surface area contributed by atoms with Crippen LogP contribution in [0.1, 0.15) is 38.8 Å². The second-order valence-corrected chi connectivity index (χ2v) is 9.42. The normalized spacial score (nSPS) is 14.7. The van der Waals surface area contributed by atoms with Gasteiger partial charge in [-0.2, -0.15) is 0 Å². The molecule has 0 bridgehead atoms. The van der Waals surface area contributed by atoms with Gasteiger partial charge < -0.3 is 14.7 Å². The van der Waals surface area contributed by atoms with Gasteiger partial charge in [0.25, 0.3) is 5.91 Å². The molecule has 0 unspecified atom stereocenters. The summed E-state index contributed by atoms with van der Waals surface area (Å²) in [7, 11) is 0. The molecular weight excluding hydrogens is 466 g/mol. The molecular formula is C26H23N3O5S. The molecule has 5 rings (SSSR count). The second-order valence-electron chi connectivity index (χ2n) is 8.42. The van der Waals surface area contributed by atoms with Crippen LogP contribution < -0.4 is 5.32 Å². The van der Waals surface area contributed by atoms with Crippen LogP contribution in [0, 0.1) is 6.92 Å². The van der Waals surface area contributed by atoms with Crippen LogP contribution in [0.3, 0.4) is 0 Å². The maximum atomic E-state index is 12.9. The molecule has 2 aliphatic rings. The summed E-state index contributed by atoms with van der Waals surface area (Å²) in [5.41, 5.74) is 5.37. The number of aryl methyl sites for hydroxylation is 1. The summed E-state index contributed by atoms with van der Waals surface area (Å²) in [6, 6.07) is 16.2. The van der Waals surface area contributed by atoms with E-state index in [1.165, 1.54) is 0 Å². The fourth-order valence-electron chi connectivity index (χ4n) is 4.56. The first-order valence-electron chi connectivity index (χ1n) is 11.2. The van der Waals surface area contributed by atoms with Crippen molar-refractivity contribution in [1.29, 1.82) is 0 Å². The Kier molecular flexibility index (Phi) is 6.08. The highest BCUT2D eigenvalue weighted by Gasteiger charge is 2.29. The molecule has 2 amide bonds. The van der Waals surface area contributed by atoms with E-state index in [0.29, 0.717) is 29.1 Å². The summed E-state index contributed by atoms with van der Waals surface area (Å²) in [5.74, 6) is -1.24. The van der Waals surface area contributed by atoms with Crippen LogP contribution in [0.25, 0.3) is 11.1 Å². The zero-order chi connectivity index (χ0) is 24.5. The van der Waals surface area contributed by atoms with Gasteiger partial charge in [-0.3, -0.25) is 10.1 Å². The standard InChI is InChI=1S/C26H23N3O5S/c1-15-22(23(30)29-12-10-16(11-13-29)24(31)32)35-25(27-15)28-26(33)34-14-21-19-8-4-2-6-17(19)18-7-3-5-9-20(18)21/h2-10,21H,11-14H2,1H3,(H,31,32)(H,27,28,33). The monoisotopic (exact) mass is 489 g/mol. The quantitative estimate of drug-likeness (QED) is 0.539. The minimum Gasteiger partial charge on any atom is -0.478 e. The van der Waals surface area contributed by atoms with Crippen LogP contribution in [-0.4, -0.2) is 52.7 Å². The summed E-state index contributed by atoms with van der Waals surface area (Å²) < 4.78 is 5.56. The number of carbonyl (C=O) groups is 3. The van der Waals surface area contributed by atoms with Gasteiger partial charge >= 0.3 is 12.1 Å². The molecule has 3 aromatic rings. The van der Waals surface area contributed by atoms with Crippen molar-refractivity contribution in [3.05, 3.63) is 81.9 Å². The highest BCUT2D eigenvalue weighted by molar-refractivity contribution is 7.17. The highest BCUT2D eigenvalue weighted by Crippen LogP contribution is 2.44. The van der Waals surface area contributed by atoms with Gasteiger partial charge in [0.15, 0.2) is 5.13 Å². The number of carbonyl (C=O) groups excluding carboxylic acids is 2. The molecule has 1 aromatic heterocycles. The van der Waals surface area contributed by atoms with E-state index in [2.05, 4.69) is 34.6 Å². The number of carboxylic acid groups (broad SMARTS) is 1. The average molecular weight is 490 g/mol. The fourth-order valence-corrected chi connectivity index (χ4v) is 5.48. The Morgan fingerprint density at radius 2 is 1.77 bits per heavy atom. The first kappa shape index (κ1) is 22.8. The smallest absolute Gasteiger partial charge is 0.413 e. The molecule has 0 radical (unpaired) electrons. The van der Waals surface area contributed by atoms with E-state index in [0.717, 1.165) is 33.6 Å². The zero-order valence-corrected chi connectivity index (χ0v) is 19.8. The number of thiazole rings is 1. The number of hydrogen-bond acceptors (Lipinski definition) is 6. The lowest BCUT2D eigenvalue weighted by molar-refractivity contribution is -0.133. The Labute approximate surface area is 205 Å². The van der Waals surface area contributed by atoms with Crippen molar-refractivity contribution in [1.82, 2.24) is 9.88 Å². The van der Waals surface area contributed by atoms with Gasteiger partial charge in [0.05, 0.1) is 5.69 Å². The molecule has 0 fully saturated rings. The molecule has 0 saturated carbocycles. The Morgan fingerprint density at radius 3 is 2.37 bits per heavy atom. The summed E-state index contributed by atoms with van der Waals surface area (Å²) in [5, 5.41) is 12.0. The van der Waals surface area contributed by atoms with E-state index in [9.17, 15) is 14.4 Å². The van der Waals surface area contributed by atoms with Crippen molar-refractivity contribution in [3.63, 3.8) is 0 Å². The van der Waals surface area contributed by atoms with Crippen LogP contribution in [-0.2, 0) is 9.53 Å². The average Bonchev–Trinajstić information content (AvgIpc) is 3.39. The third-order valence-electron chi connectivity index (χ3n) is 6.31. The first-order chi connectivity index (χ1) is 16.9. The predicted octanol–water partition coefficient (Wildman–Crippen LogP) is 4.67. The number of nitrogens with one attached hydrogen (secondary N) is 1. The molecule has 178 valence electrons. The number of hydrogen-bond donors (Lipinski definition) is 2. The van der Waals surface area contributed by atoms with Crippen molar-refractivity contribution >= 4 is 34.4 Å². The lowest BCUT2D eigenvalue weighted by Crippen LogP contribution is -2.35. The van der Waals surface area contributed by atoms with Gasteiger partial charge in [-0.25, -0.2) is 14.6 Å². The number of anilines is 1. The molecule has 0 spiro atoms. The summed E-state index contributed by atoms with van der Waals surface area (Å²) in [4.78, 5) is 42.8. The largest absolute Gasteiger partial charge is 0.478 e. The minimum atomic E-state index is -0.958. The fraction of sp³-hybridized carbons (Fsp3) is 0.231. The third-order valence-corrected chi connectivity index (χ3v) is 7.38. The number of nitrogens with zero attached hydrogens (tertiary/aromatic N) is 2. The Bertz CT molecular complexity index is 1320. The van der Waals surface area contributed by atoms with E-state index in [1.807, 2.05) is 24.3 Å². The maximum Gasteiger partial charge on any atom is 0.413 e. The topological polar surface area (TPSA) is 109 Å². The van der Waals surface area contributed by atoms with Crippen LogP contribution in [0.2, 0.25) is 0 Å². The van der Waals surface area contributed by atoms with Crippen molar-refractivity contribution in [2.24, 2.45) is 0 Å². The summed E-state index contributed by atoms with van der Waals surface area (Å²) in [6.45, 7) is 2.44. The minimum absolute atomic E-state index is 0.0498. The molecule has 8 nitrogen and oxygen atoms in total. The molecule has 2 N–H and O–H groups in total. The van der Waals surface area contributed by atoms with E-state index < -0.39 is 12.1 Å². The SMILES string of the molecule is Cc1nc(NC(=O)OCC2c3ccccc3-c3ccccc32)sc1C(=O)N1CC=C(C(=O)O)CC1. The number of aromatic nitrogens is 1. The lowest BCUT2D eigenvalue weighted by Gasteiger charge is -2.24. The first-order valence-corrected chi connectivity index (χ1v) is 12.0. The maximum absolute atomic E-state index is 12.9. The number of carboxylic acids is 1. The lowest BCUT2D eigenvalue weighted by atomic mass is 9.98. The summed E-state index contributed by atoms with van der Waals surface area (Å²) in [6.07, 6.45) is 1.21. The molecule has 0 atom stereocenters. The third kappa shape index (κ3) is 4.42. The molecule has 1 aliphatic carbocycles. The number of amides is 2. The molecule has 1 aliphatic heterocycles. The number of ether oxygens (including phenoxy) is 1. The summed E-state index contributed by atoms with van der Waals surface area (Å²) >= 11 is 1.08. The Balaban J connectivity index is 1.23. The van der Waals surface area contributed by atoms with Crippen LogP contribution >= 0.6 is 11.3 Å². The van der Waals surface area contributed by atoms with Gasteiger partial charge in [0.1, 0.15) is 11.5 Å². The van der Waals surface area contributed by atoms with Gasteiger partial charge in [-0.15, -0.1) is 0 Å². The second kappa shape index (κ2) is 9.34. The number of benzene rings is 2. The van der Waals surface area contributed by atoms with Crippen LogP contribution in [0.5, 0.6) is 0 Å². The van der Waals surface area contributed by atoms with Gasteiger partial charge in [0.2, 0.25) is 0 Å². The van der Waals surface area contributed by atoms with Gasteiger partial charge in [-0.1, -0.05) is 65.9 Å². The molecule has 2 aromatic carbocycles.